The van der Waals surface area contributed by atoms with Gasteiger partial charge in [-0.15, -0.1) is 0 Å². The first kappa shape index (κ1) is 13.6. The summed E-state index contributed by atoms with van der Waals surface area (Å²) in [4.78, 5) is 12.2. The summed E-state index contributed by atoms with van der Waals surface area (Å²) in [6.07, 6.45) is 1.05. The second kappa shape index (κ2) is 5.07. The van der Waals surface area contributed by atoms with E-state index in [1.54, 1.807) is 0 Å². The summed E-state index contributed by atoms with van der Waals surface area (Å²) >= 11 is 0. The van der Waals surface area contributed by atoms with Gasteiger partial charge in [-0.1, -0.05) is 25.7 Å². The molecule has 0 aliphatic heterocycles. The van der Waals surface area contributed by atoms with Crippen molar-refractivity contribution in [3.8, 4) is 11.8 Å². The number of carbonyl (C=O) groups is 1. The molecule has 1 amide bonds. The van der Waals surface area contributed by atoms with Gasteiger partial charge >= 0.3 is 0 Å². The Balaban J connectivity index is 2.15. The molecule has 3 N–H and O–H groups in total. The minimum atomic E-state index is -0.0185. The third-order valence-electron chi connectivity index (χ3n) is 3.49. The van der Waals surface area contributed by atoms with Gasteiger partial charge in [0, 0.05) is 17.2 Å². The molecule has 1 aromatic carbocycles. The molecule has 3 heteroatoms. The molecular formula is C16H20N2O. The van der Waals surface area contributed by atoms with Gasteiger partial charge in [0.25, 0.3) is 5.91 Å². The lowest BCUT2D eigenvalue weighted by Gasteiger charge is -2.08. The Labute approximate surface area is 114 Å². The molecule has 1 unspecified atom stereocenters. The van der Waals surface area contributed by atoms with Gasteiger partial charge in [-0.3, -0.25) is 4.79 Å². The van der Waals surface area contributed by atoms with E-state index in [0.717, 1.165) is 17.5 Å². The molecule has 19 heavy (non-hydrogen) atoms. The summed E-state index contributed by atoms with van der Waals surface area (Å²) in [5.41, 5.74) is 8.14. The van der Waals surface area contributed by atoms with E-state index < -0.39 is 0 Å². The minimum Gasteiger partial charge on any atom is -0.349 e. The third kappa shape index (κ3) is 3.36. The van der Waals surface area contributed by atoms with Crippen LogP contribution in [0.1, 0.15) is 41.8 Å². The Morgan fingerprint density at radius 2 is 2.16 bits per heavy atom. The van der Waals surface area contributed by atoms with Crippen LogP contribution in [0, 0.1) is 24.2 Å². The average Bonchev–Trinajstić information content (AvgIpc) is 2.93. The topological polar surface area (TPSA) is 55.1 Å². The molecule has 1 atom stereocenters. The molecule has 2 rings (SSSR count). The molecule has 0 radical (unpaired) electrons. The lowest BCUT2D eigenvalue weighted by Crippen LogP contribution is -2.28. The predicted octanol–water partition coefficient (Wildman–Crippen LogP) is 1.83. The number of aryl methyl sites for hydroxylation is 1. The second-order valence-corrected chi connectivity index (χ2v) is 5.81. The average molecular weight is 256 g/mol. The maximum absolute atomic E-state index is 12.2. The monoisotopic (exact) mass is 256 g/mol. The Morgan fingerprint density at radius 1 is 1.47 bits per heavy atom. The molecule has 1 aliphatic carbocycles. The number of amides is 1. The highest BCUT2D eigenvalue weighted by Crippen LogP contribution is 2.44. The number of benzene rings is 1. The predicted molar refractivity (Wildman–Crippen MR) is 76.8 cm³/mol. The molecule has 0 spiro atoms. The van der Waals surface area contributed by atoms with Gasteiger partial charge in [-0.05, 0) is 42.5 Å². The van der Waals surface area contributed by atoms with E-state index in [4.69, 9.17) is 5.73 Å². The van der Waals surface area contributed by atoms with Crippen LogP contribution >= 0.6 is 0 Å². The highest BCUT2D eigenvalue weighted by atomic mass is 16.1. The van der Waals surface area contributed by atoms with Crippen molar-refractivity contribution in [2.75, 3.05) is 6.54 Å². The van der Waals surface area contributed by atoms with Gasteiger partial charge < -0.3 is 11.1 Å². The van der Waals surface area contributed by atoms with Gasteiger partial charge in [0.2, 0.25) is 0 Å². The molecule has 100 valence electrons. The van der Waals surface area contributed by atoms with Crippen LogP contribution in [0.3, 0.4) is 0 Å². The van der Waals surface area contributed by atoms with E-state index >= 15 is 0 Å². The fraction of sp³-hybridized carbons (Fsp3) is 0.438. The van der Waals surface area contributed by atoms with Crippen molar-refractivity contribution in [3.05, 3.63) is 34.9 Å². The fourth-order valence-corrected chi connectivity index (χ4v) is 2.09. The number of hydrogen-bond donors (Lipinski definition) is 2. The summed E-state index contributed by atoms with van der Waals surface area (Å²) < 4.78 is 0. The molecule has 0 aromatic heterocycles. The molecule has 3 nitrogen and oxygen atoms in total. The van der Waals surface area contributed by atoms with Crippen molar-refractivity contribution in [2.45, 2.75) is 33.2 Å². The van der Waals surface area contributed by atoms with Gasteiger partial charge in [0.1, 0.15) is 0 Å². The highest BCUT2D eigenvalue weighted by Gasteiger charge is 2.46. The molecule has 0 saturated heterocycles. The quantitative estimate of drug-likeness (QED) is 0.793. The zero-order valence-corrected chi connectivity index (χ0v) is 11.7. The largest absolute Gasteiger partial charge is 0.349 e. The maximum Gasteiger partial charge on any atom is 0.251 e. The Bertz CT molecular complexity index is 564. The molecule has 1 saturated carbocycles. The van der Waals surface area contributed by atoms with Crippen molar-refractivity contribution >= 4 is 5.91 Å². The summed E-state index contributed by atoms with van der Waals surface area (Å²) in [6.45, 7) is 6.61. The SMILES string of the molecule is Cc1cc(C#CCN)cc(C(=O)NC2CC2(C)C)c1. The van der Waals surface area contributed by atoms with Crippen LogP contribution in [0.5, 0.6) is 0 Å². The van der Waals surface area contributed by atoms with Gasteiger partial charge in [-0.25, -0.2) is 0 Å². The van der Waals surface area contributed by atoms with Gasteiger partial charge in [0.05, 0.1) is 6.54 Å². The van der Waals surface area contributed by atoms with Crippen LogP contribution < -0.4 is 11.1 Å². The van der Waals surface area contributed by atoms with E-state index in [1.165, 1.54) is 0 Å². The molecule has 1 aliphatic rings. The van der Waals surface area contributed by atoms with Crippen molar-refractivity contribution in [1.29, 1.82) is 0 Å². The number of nitrogens with one attached hydrogen (secondary N) is 1. The van der Waals surface area contributed by atoms with Gasteiger partial charge in [-0.2, -0.15) is 0 Å². The Kier molecular flexibility index (Phi) is 3.64. The summed E-state index contributed by atoms with van der Waals surface area (Å²) in [6, 6.07) is 5.96. The number of nitrogens with two attached hydrogens (primary N) is 1. The maximum atomic E-state index is 12.2. The first-order chi connectivity index (χ1) is 8.92. The molecule has 1 fully saturated rings. The first-order valence-electron chi connectivity index (χ1n) is 6.54. The van der Waals surface area contributed by atoms with Crippen molar-refractivity contribution in [3.63, 3.8) is 0 Å². The number of carbonyl (C=O) groups excluding carboxylic acids is 1. The van der Waals surface area contributed by atoms with E-state index in [-0.39, 0.29) is 11.3 Å². The zero-order chi connectivity index (χ0) is 14.0. The standard InChI is InChI=1S/C16H20N2O/c1-11-7-12(5-4-6-17)9-13(8-11)15(19)18-14-10-16(14,2)3/h7-9,14H,6,10,17H2,1-3H3,(H,18,19). The smallest absolute Gasteiger partial charge is 0.251 e. The van der Waals surface area contributed by atoms with Crippen LogP contribution in [0.2, 0.25) is 0 Å². The third-order valence-corrected chi connectivity index (χ3v) is 3.49. The number of hydrogen-bond acceptors (Lipinski definition) is 2. The second-order valence-electron chi connectivity index (χ2n) is 5.81. The van der Waals surface area contributed by atoms with Crippen LogP contribution in [-0.4, -0.2) is 18.5 Å². The van der Waals surface area contributed by atoms with Crippen molar-refractivity contribution in [1.82, 2.24) is 5.32 Å². The first-order valence-corrected chi connectivity index (χ1v) is 6.54. The summed E-state index contributed by atoms with van der Waals surface area (Å²) in [5.74, 6) is 5.76. The lowest BCUT2D eigenvalue weighted by atomic mass is 10.1. The van der Waals surface area contributed by atoms with E-state index in [9.17, 15) is 4.79 Å². The summed E-state index contributed by atoms with van der Waals surface area (Å²) in [7, 11) is 0. The van der Waals surface area contributed by atoms with Crippen molar-refractivity contribution in [2.24, 2.45) is 11.1 Å². The molecule has 1 aromatic rings. The highest BCUT2D eigenvalue weighted by molar-refractivity contribution is 5.95. The minimum absolute atomic E-state index is 0.0185. The van der Waals surface area contributed by atoms with Gasteiger partial charge in [0.15, 0.2) is 0 Å². The normalized spacial score (nSPS) is 19.3. The van der Waals surface area contributed by atoms with E-state index in [2.05, 4.69) is 31.0 Å². The Morgan fingerprint density at radius 3 is 2.74 bits per heavy atom. The summed E-state index contributed by atoms with van der Waals surface area (Å²) in [5, 5.41) is 3.06. The van der Waals surface area contributed by atoms with E-state index in [1.807, 2.05) is 25.1 Å². The lowest BCUT2D eigenvalue weighted by molar-refractivity contribution is 0.0946. The van der Waals surface area contributed by atoms with Crippen LogP contribution in [0.25, 0.3) is 0 Å². The zero-order valence-electron chi connectivity index (χ0n) is 11.7. The van der Waals surface area contributed by atoms with E-state index in [0.29, 0.717) is 18.2 Å². The van der Waals surface area contributed by atoms with Crippen LogP contribution in [-0.2, 0) is 0 Å². The molecule has 0 bridgehead atoms. The Hall–Kier alpha value is -1.79. The number of rotatable bonds is 2. The van der Waals surface area contributed by atoms with Crippen LogP contribution in [0.15, 0.2) is 18.2 Å². The fourth-order valence-electron chi connectivity index (χ4n) is 2.09. The van der Waals surface area contributed by atoms with Crippen molar-refractivity contribution < 1.29 is 4.79 Å². The molecular weight excluding hydrogens is 236 g/mol. The van der Waals surface area contributed by atoms with Crippen LogP contribution in [0.4, 0.5) is 0 Å². The molecule has 0 heterocycles.